The van der Waals surface area contributed by atoms with Gasteiger partial charge in [0.25, 0.3) is 0 Å². The molecule has 1 aromatic carbocycles. The highest BCUT2D eigenvalue weighted by Crippen LogP contribution is 2.18. The Morgan fingerprint density at radius 1 is 1.47 bits per heavy atom. The van der Waals surface area contributed by atoms with Gasteiger partial charge >= 0.3 is 0 Å². The molecule has 0 radical (unpaired) electrons. The molecule has 0 aliphatic rings. The number of methoxy groups -OCH3 is 1. The quantitative estimate of drug-likeness (QED) is 0.560. The van der Waals surface area contributed by atoms with Gasteiger partial charge in [0.1, 0.15) is 11.6 Å². The zero-order valence-corrected chi connectivity index (χ0v) is 9.16. The van der Waals surface area contributed by atoms with Crippen LogP contribution in [0.25, 0.3) is 0 Å². The predicted octanol–water partition coefficient (Wildman–Crippen LogP) is 1.06. The van der Waals surface area contributed by atoms with Crippen molar-refractivity contribution < 1.29 is 4.74 Å². The normalized spacial score (nSPS) is 10.3. The minimum Gasteiger partial charge on any atom is -0.496 e. The van der Waals surface area contributed by atoms with E-state index < -0.39 is 0 Å². The lowest BCUT2D eigenvalue weighted by molar-refractivity contribution is 0.353. The number of likely N-dealkylation sites (N-methyl/N-ethyl adjacent to an activating group) is 1. The van der Waals surface area contributed by atoms with Gasteiger partial charge in [-0.15, -0.1) is 0 Å². The second-order valence-corrected chi connectivity index (χ2v) is 3.51. The lowest BCUT2D eigenvalue weighted by atomic mass is 10.2. The third-order valence-corrected chi connectivity index (χ3v) is 2.07. The van der Waals surface area contributed by atoms with Crippen molar-refractivity contribution in [2.45, 2.75) is 6.54 Å². The molecule has 0 heterocycles. The fourth-order valence-electron chi connectivity index (χ4n) is 1.47. The second kappa shape index (κ2) is 5.36. The number of amidine groups is 1. The lowest BCUT2D eigenvalue weighted by Crippen LogP contribution is -2.29. The van der Waals surface area contributed by atoms with Gasteiger partial charge in [-0.2, -0.15) is 0 Å². The summed E-state index contributed by atoms with van der Waals surface area (Å²) in [7, 11) is 3.58. The Morgan fingerprint density at radius 2 is 2.13 bits per heavy atom. The first-order valence-electron chi connectivity index (χ1n) is 4.77. The number of nitrogens with two attached hydrogens (primary N) is 1. The summed E-state index contributed by atoms with van der Waals surface area (Å²) < 4.78 is 5.24. The molecule has 0 aliphatic heterocycles. The van der Waals surface area contributed by atoms with E-state index in [2.05, 4.69) is 0 Å². The Bertz CT molecular complexity index is 338. The van der Waals surface area contributed by atoms with E-state index in [1.165, 1.54) is 0 Å². The summed E-state index contributed by atoms with van der Waals surface area (Å²) in [6.07, 6.45) is 0. The Kier molecular flexibility index (Phi) is 4.12. The monoisotopic (exact) mass is 207 g/mol. The Morgan fingerprint density at radius 3 is 2.73 bits per heavy atom. The molecule has 4 heteroatoms. The van der Waals surface area contributed by atoms with Crippen LogP contribution in [-0.4, -0.2) is 31.4 Å². The number of para-hydroxylation sites is 1. The molecule has 1 aromatic rings. The summed E-state index contributed by atoms with van der Waals surface area (Å²) in [4.78, 5) is 1.97. The van der Waals surface area contributed by atoms with Crippen LogP contribution in [0, 0.1) is 5.41 Å². The number of hydrogen-bond donors (Lipinski definition) is 2. The molecule has 0 atom stereocenters. The summed E-state index contributed by atoms with van der Waals surface area (Å²) in [5, 5.41) is 7.19. The van der Waals surface area contributed by atoms with Crippen molar-refractivity contribution in [3.63, 3.8) is 0 Å². The molecule has 0 fully saturated rings. The van der Waals surface area contributed by atoms with Crippen molar-refractivity contribution in [3.8, 4) is 5.75 Å². The maximum Gasteiger partial charge on any atom is 0.123 e. The van der Waals surface area contributed by atoms with Gasteiger partial charge in [0.15, 0.2) is 0 Å². The predicted molar refractivity (Wildman–Crippen MR) is 61.2 cm³/mol. The van der Waals surface area contributed by atoms with Crippen molar-refractivity contribution in [2.75, 3.05) is 20.7 Å². The van der Waals surface area contributed by atoms with E-state index in [-0.39, 0.29) is 5.84 Å². The SMILES string of the molecule is COc1ccccc1CN(C)CC(=N)N. The fourth-order valence-corrected chi connectivity index (χ4v) is 1.47. The van der Waals surface area contributed by atoms with Crippen molar-refractivity contribution in [3.05, 3.63) is 29.8 Å². The molecule has 3 N–H and O–H groups in total. The molecule has 82 valence electrons. The first-order chi connectivity index (χ1) is 7.13. The minimum absolute atomic E-state index is 0.174. The molecular formula is C11H17N3O. The van der Waals surface area contributed by atoms with Crippen molar-refractivity contribution in [2.24, 2.45) is 5.73 Å². The standard InChI is InChI=1S/C11H17N3O/c1-14(8-11(12)13)7-9-5-3-4-6-10(9)15-2/h3-6H,7-8H2,1-2H3,(H3,12,13). The van der Waals surface area contributed by atoms with E-state index in [0.29, 0.717) is 6.54 Å². The Balaban J connectivity index is 2.67. The van der Waals surface area contributed by atoms with E-state index in [4.69, 9.17) is 15.9 Å². The number of nitrogens with zero attached hydrogens (tertiary/aromatic N) is 1. The van der Waals surface area contributed by atoms with Crippen LogP contribution in [-0.2, 0) is 6.54 Å². The van der Waals surface area contributed by atoms with Gasteiger partial charge in [-0.25, -0.2) is 0 Å². The zero-order valence-electron chi connectivity index (χ0n) is 9.16. The van der Waals surface area contributed by atoms with Crippen molar-refractivity contribution >= 4 is 5.84 Å². The maximum absolute atomic E-state index is 7.19. The van der Waals surface area contributed by atoms with Gasteiger partial charge in [-0.05, 0) is 13.1 Å². The number of benzene rings is 1. The summed E-state index contributed by atoms with van der Waals surface area (Å²) in [6, 6.07) is 7.85. The van der Waals surface area contributed by atoms with Crippen LogP contribution >= 0.6 is 0 Å². The summed E-state index contributed by atoms with van der Waals surface area (Å²) >= 11 is 0. The third kappa shape index (κ3) is 3.59. The Hall–Kier alpha value is -1.55. The van der Waals surface area contributed by atoms with Crippen LogP contribution in [0.2, 0.25) is 0 Å². The molecule has 0 spiro atoms. The van der Waals surface area contributed by atoms with Crippen LogP contribution in [0.4, 0.5) is 0 Å². The molecule has 0 saturated carbocycles. The van der Waals surface area contributed by atoms with Crippen LogP contribution in [0.15, 0.2) is 24.3 Å². The molecular weight excluding hydrogens is 190 g/mol. The first kappa shape index (κ1) is 11.5. The highest BCUT2D eigenvalue weighted by molar-refractivity contribution is 5.78. The smallest absolute Gasteiger partial charge is 0.123 e. The van der Waals surface area contributed by atoms with Gasteiger partial charge < -0.3 is 10.5 Å². The van der Waals surface area contributed by atoms with E-state index in [9.17, 15) is 0 Å². The molecule has 0 amide bonds. The topological polar surface area (TPSA) is 62.3 Å². The molecule has 1 rings (SSSR count). The second-order valence-electron chi connectivity index (χ2n) is 3.51. The van der Waals surface area contributed by atoms with Crippen LogP contribution < -0.4 is 10.5 Å². The summed E-state index contributed by atoms with van der Waals surface area (Å²) in [6.45, 7) is 1.20. The highest BCUT2D eigenvalue weighted by Gasteiger charge is 2.05. The van der Waals surface area contributed by atoms with Crippen LogP contribution in [0.5, 0.6) is 5.75 Å². The minimum atomic E-state index is 0.174. The molecule has 0 aliphatic carbocycles. The maximum atomic E-state index is 7.19. The average molecular weight is 207 g/mol. The third-order valence-electron chi connectivity index (χ3n) is 2.07. The number of rotatable bonds is 5. The highest BCUT2D eigenvalue weighted by atomic mass is 16.5. The number of ether oxygens (including phenoxy) is 1. The summed E-state index contributed by atoms with van der Waals surface area (Å²) in [5.74, 6) is 1.04. The van der Waals surface area contributed by atoms with E-state index in [1.807, 2.05) is 36.2 Å². The number of nitrogens with one attached hydrogen (secondary N) is 1. The van der Waals surface area contributed by atoms with Crippen molar-refractivity contribution in [1.82, 2.24) is 4.90 Å². The van der Waals surface area contributed by atoms with Gasteiger partial charge in [0.2, 0.25) is 0 Å². The molecule has 0 saturated heterocycles. The molecule has 0 bridgehead atoms. The molecule has 0 aromatic heterocycles. The Labute approximate surface area is 90.2 Å². The van der Waals surface area contributed by atoms with Gasteiger partial charge in [-0.3, -0.25) is 10.3 Å². The van der Waals surface area contributed by atoms with Gasteiger partial charge in [-0.1, -0.05) is 18.2 Å². The molecule has 4 nitrogen and oxygen atoms in total. The summed E-state index contributed by atoms with van der Waals surface area (Å²) in [5.41, 5.74) is 6.43. The average Bonchev–Trinajstić information content (AvgIpc) is 2.17. The fraction of sp³-hybridized carbons (Fsp3) is 0.364. The lowest BCUT2D eigenvalue weighted by Gasteiger charge is -2.17. The molecule has 15 heavy (non-hydrogen) atoms. The van der Waals surface area contributed by atoms with Crippen LogP contribution in [0.3, 0.4) is 0 Å². The first-order valence-corrected chi connectivity index (χ1v) is 4.77. The largest absolute Gasteiger partial charge is 0.496 e. The zero-order chi connectivity index (χ0) is 11.3. The van der Waals surface area contributed by atoms with E-state index in [1.54, 1.807) is 7.11 Å². The van der Waals surface area contributed by atoms with Crippen molar-refractivity contribution in [1.29, 1.82) is 5.41 Å². The van der Waals surface area contributed by atoms with Gasteiger partial charge in [0, 0.05) is 12.1 Å². The van der Waals surface area contributed by atoms with Gasteiger partial charge in [0.05, 0.1) is 13.7 Å². The van der Waals surface area contributed by atoms with Crippen LogP contribution in [0.1, 0.15) is 5.56 Å². The van der Waals surface area contributed by atoms with E-state index >= 15 is 0 Å². The molecule has 0 unspecified atom stereocenters. The van der Waals surface area contributed by atoms with E-state index in [0.717, 1.165) is 17.9 Å². The number of hydrogen-bond acceptors (Lipinski definition) is 3.